The van der Waals surface area contributed by atoms with Gasteiger partial charge in [0.15, 0.2) is 0 Å². The van der Waals surface area contributed by atoms with Gasteiger partial charge in [-0.3, -0.25) is 9.69 Å². The van der Waals surface area contributed by atoms with E-state index in [-0.39, 0.29) is 5.91 Å². The summed E-state index contributed by atoms with van der Waals surface area (Å²) in [6, 6.07) is 16.4. The van der Waals surface area contributed by atoms with Crippen LogP contribution in [0.25, 0.3) is 6.08 Å². The molecule has 1 aliphatic rings. The van der Waals surface area contributed by atoms with Gasteiger partial charge in [-0.1, -0.05) is 24.3 Å². The van der Waals surface area contributed by atoms with E-state index in [9.17, 15) is 4.79 Å². The van der Waals surface area contributed by atoms with Gasteiger partial charge in [0.1, 0.15) is 5.75 Å². The van der Waals surface area contributed by atoms with E-state index in [0.29, 0.717) is 13.2 Å². The first kappa shape index (κ1) is 20.9. The lowest BCUT2D eigenvalue weighted by molar-refractivity contribution is -0.116. The highest BCUT2D eigenvalue weighted by molar-refractivity contribution is 5.91. The Morgan fingerprint density at radius 2 is 1.86 bits per heavy atom. The van der Waals surface area contributed by atoms with Crippen molar-refractivity contribution in [3.05, 3.63) is 65.7 Å². The van der Waals surface area contributed by atoms with Gasteiger partial charge in [-0.15, -0.1) is 0 Å². The predicted octanol–water partition coefficient (Wildman–Crippen LogP) is 3.35. The quantitative estimate of drug-likeness (QED) is 0.699. The van der Waals surface area contributed by atoms with Gasteiger partial charge in [-0.05, 0) is 55.3 Å². The van der Waals surface area contributed by atoms with E-state index in [0.717, 1.165) is 44.0 Å². The van der Waals surface area contributed by atoms with E-state index >= 15 is 0 Å². The molecule has 0 atom stereocenters. The first-order valence-corrected chi connectivity index (χ1v) is 10.4. The summed E-state index contributed by atoms with van der Waals surface area (Å²) in [4.78, 5) is 16.9. The molecule has 1 heterocycles. The summed E-state index contributed by atoms with van der Waals surface area (Å²) in [5, 5.41) is 2.98. The molecule has 29 heavy (non-hydrogen) atoms. The van der Waals surface area contributed by atoms with Crippen molar-refractivity contribution in [3.8, 4) is 5.75 Å². The molecular formula is C24H31N3O2. The number of nitrogens with one attached hydrogen (secondary N) is 1. The van der Waals surface area contributed by atoms with Crippen molar-refractivity contribution in [1.29, 1.82) is 0 Å². The van der Waals surface area contributed by atoms with Gasteiger partial charge in [-0.2, -0.15) is 0 Å². The summed E-state index contributed by atoms with van der Waals surface area (Å²) in [7, 11) is 0. The van der Waals surface area contributed by atoms with Gasteiger partial charge in [0.2, 0.25) is 5.91 Å². The third kappa shape index (κ3) is 6.64. The van der Waals surface area contributed by atoms with Crippen LogP contribution in [-0.4, -0.2) is 56.7 Å². The predicted molar refractivity (Wildman–Crippen MR) is 119 cm³/mol. The van der Waals surface area contributed by atoms with Crippen LogP contribution in [0.2, 0.25) is 0 Å². The molecule has 1 N–H and O–H groups in total. The first-order chi connectivity index (χ1) is 14.1. The maximum absolute atomic E-state index is 12.0. The maximum atomic E-state index is 12.0. The molecule has 0 radical (unpaired) electrons. The average molecular weight is 394 g/mol. The van der Waals surface area contributed by atoms with E-state index in [1.165, 1.54) is 11.3 Å². The molecule has 0 aromatic heterocycles. The van der Waals surface area contributed by atoms with Crippen LogP contribution < -0.4 is 15.0 Å². The van der Waals surface area contributed by atoms with Crippen molar-refractivity contribution >= 4 is 17.7 Å². The van der Waals surface area contributed by atoms with E-state index in [1.807, 2.05) is 37.3 Å². The van der Waals surface area contributed by atoms with Gasteiger partial charge >= 0.3 is 0 Å². The fourth-order valence-corrected chi connectivity index (χ4v) is 3.46. The second kappa shape index (κ2) is 10.7. The summed E-state index contributed by atoms with van der Waals surface area (Å²) in [5.41, 5.74) is 3.58. The SMILES string of the molecule is CCOc1ccc(/C=C/C(=O)NCCN2CCN(c3cccc(C)c3)CC2)cc1. The van der Waals surface area contributed by atoms with Crippen LogP contribution in [-0.2, 0) is 4.79 Å². The number of aryl methyl sites for hydroxylation is 1. The number of ether oxygens (including phenoxy) is 1. The van der Waals surface area contributed by atoms with Crippen LogP contribution in [0.4, 0.5) is 5.69 Å². The number of anilines is 1. The number of amides is 1. The number of hydrogen-bond donors (Lipinski definition) is 1. The summed E-state index contributed by atoms with van der Waals surface area (Å²) in [6.07, 6.45) is 3.41. The third-order valence-electron chi connectivity index (χ3n) is 5.08. The molecule has 0 spiro atoms. The minimum Gasteiger partial charge on any atom is -0.494 e. The molecule has 2 aromatic rings. The van der Waals surface area contributed by atoms with Crippen LogP contribution in [0.5, 0.6) is 5.75 Å². The molecule has 2 aromatic carbocycles. The Bertz CT molecular complexity index is 809. The summed E-state index contributed by atoms with van der Waals surface area (Å²) in [6.45, 7) is 10.4. The molecule has 5 nitrogen and oxygen atoms in total. The Labute approximate surface area is 174 Å². The lowest BCUT2D eigenvalue weighted by Gasteiger charge is -2.36. The third-order valence-corrected chi connectivity index (χ3v) is 5.08. The minimum absolute atomic E-state index is 0.0581. The van der Waals surface area contributed by atoms with Crippen molar-refractivity contribution in [2.24, 2.45) is 0 Å². The number of carbonyl (C=O) groups excluding carboxylic acids is 1. The number of rotatable bonds is 8. The van der Waals surface area contributed by atoms with Crippen LogP contribution >= 0.6 is 0 Å². The zero-order valence-electron chi connectivity index (χ0n) is 17.4. The molecule has 0 bridgehead atoms. The van der Waals surface area contributed by atoms with Gasteiger partial charge in [0, 0.05) is 51.0 Å². The van der Waals surface area contributed by atoms with Gasteiger partial charge < -0.3 is 15.0 Å². The van der Waals surface area contributed by atoms with Crippen molar-refractivity contribution in [2.75, 3.05) is 50.8 Å². The standard InChI is InChI=1S/C24H31N3O2/c1-3-29-23-10-7-21(8-11-23)9-12-24(28)25-13-14-26-15-17-27(18-16-26)22-6-4-5-20(2)19-22/h4-12,19H,3,13-18H2,1-2H3,(H,25,28)/b12-9+. The second-order valence-electron chi connectivity index (χ2n) is 7.29. The molecule has 0 saturated carbocycles. The number of nitrogens with zero attached hydrogens (tertiary/aromatic N) is 2. The highest BCUT2D eigenvalue weighted by Gasteiger charge is 2.16. The molecule has 5 heteroatoms. The second-order valence-corrected chi connectivity index (χ2v) is 7.29. The van der Waals surface area contributed by atoms with Gasteiger partial charge in [0.25, 0.3) is 0 Å². The normalized spacial score (nSPS) is 14.9. The molecule has 1 saturated heterocycles. The molecule has 154 valence electrons. The summed E-state index contributed by atoms with van der Waals surface area (Å²) in [5.74, 6) is 0.786. The van der Waals surface area contributed by atoms with Crippen LogP contribution in [0.15, 0.2) is 54.6 Å². The molecule has 1 amide bonds. The molecule has 1 fully saturated rings. The van der Waals surface area contributed by atoms with Gasteiger partial charge in [0.05, 0.1) is 6.61 Å². The van der Waals surface area contributed by atoms with Crippen molar-refractivity contribution in [2.45, 2.75) is 13.8 Å². The van der Waals surface area contributed by atoms with E-state index < -0.39 is 0 Å². The first-order valence-electron chi connectivity index (χ1n) is 10.4. The largest absolute Gasteiger partial charge is 0.494 e. The Balaban J connectivity index is 1.35. The van der Waals surface area contributed by atoms with Crippen LogP contribution in [0.1, 0.15) is 18.1 Å². The Morgan fingerprint density at radius 1 is 1.10 bits per heavy atom. The van der Waals surface area contributed by atoms with Crippen molar-refractivity contribution in [1.82, 2.24) is 10.2 Å². The van der Waals surface area contributed by atoms with Crippen molar-refractivity contribution in [3.63, 3.8) is 0 Å². The van der Waals surface area contributed by atoms with E-state index in [4.69, 9.17) is 4.74 Å². The number of piperazine rings is 1. The van der Waals surface area contributed by atoms with Gasteiger partial charge in [-0.25, -0.2) is 0 Å². The van der Waals surface area contributed by atoms with Crippen molar-refractivity contribution < 1.29 is 9.53 Å². The highest BCUT2D eigenvalue weighted by Crippen LogP contribution is 2.17. The molecular weight excluding hydrogens is 362 g/mol. The van der Waals surface area contributed by atoms with Crippen LogP contribution in [0, 0.1) is 6.92 Å². The molecule has 3 rings (SSSR count). The monoisotopic (exact) mass is 393 g/mol. The zero-order valence-corrected chi connectivity index (χ0v) is 17.4. The maximum Gasteiger partial charge on any atom is 0.244 e. The minimum atomic E-state index is -0.0581. The lowest BCUT2D eigenvalue weighted by atomic mass is 10.2. The fourth-order valence-electron chi connectivity index (χ4n) is 3.46. The average Bonchev–Trinajstić information content (AvgIpc) is 2.74. The zero-order chi connectivity index (χ0) is 20.5. The topological polar surface area (TPSA) is 44.8 Å². The molecule has 0 unspecified atom stereocenters. The highest BCUT2D eigenvalue weighted by atomic mass is 16.5. The number of carbonyl (C=O) groups is 1. The molecule has 1 aliphatic heterocycles. The Hall–Kier alpha value is -2.79. The van der Waals surface area contributed by atoms with E-state index in [1.54, 1.807) is 6.08 Å². The van der Waals surface area contributed by atoms with Crippen LogP contribution in [0.3, 0.4) is 0 Å². The number of hydrogen-bond acceptors (Lipinski definition) is 4. The molecule has 0 aliphatic carbocycles. The fraction of sp³-hybridized carbons (Fsp3) is 0.375. The summed E-state index contributed by atoms with van der Waals surface area (Å²) >= 11 is 0. The van der Waals surface area contributed by atoms with E-state index in [2.05, 4.69) is 46.3 Å². The smallest absolute Gasteiger partial charge is 0.244 e. The number of benzene rings is 2. The Morgan fingerprint density at radius 3 is 2.55 bits per heavy atom. The Kier molecular flexibility index (Phi) is 7.70. The summed E-state index contributed by atoms with van der Waals surface area (Å²) < 4.78 is 5.42. The lowest BCUT2D eigenvalue weighted by Crippen LogP contribution is -2.48.